The lowest BCUT2D eigenvalue weighted by Gasteiger charge is -2.12. The topological polar surface area (TPSA) is 107 Å². The summed E-state index contributed by atoms with van der Waals surface area (Å²) in [5.41, 5.74) is 6.76. The van der Waals surface area contributed by atoms with E-state index in [1.807, 2.05) is 24.3 Å². The highest BCUT2D eigenvalue weighted by atomic mass is 35.5. The second-order valence-corrected chi connectivity index (χ2v) is 7.56. The van der Waals surface area contributed by atoms with Crippen LogP contribution in [0.5, 0.6) is 0 Å². The Bertz CT molecular complexity index is 900. The zero-order valence-electron chi connectivity index (χ0n) is 13.6. The lowest BCUT2D eigenvalue weighted by Crippen LogP contribution is -2.28. The molecule has 0 aliphatic heterocycles. The molecule has 0 spiro atoms. The van der Waals surface area contributed by atoms with Gasteiger partial charge < -0.3 is 10.3 Å². The van der Waals surface area contributed by atoms with Crippen LogP contribution in [-0.4, -0.2) is 21.3 Å². The van der Waals surface area contributed by atoms with Gasteiger partial charge in [0.1, 0.15) is 10.7 Å². The monoisotopic (exact) mass is 377 g/mol. The van der Waals surface area contributed by atoms with Crippen LogP contribution in [0.25, 0.3) is 0 Å². The van der Waals surface area contributed by atoms with E-state index in [0.717, 1.165) is 10.6 Å². The van der Waals surface area contributed by atoms with Gasteiger partial charge in [-0.25, -0.2) is 0 Å². The molecule has 130 valence electrons. The van der Waals surface area contributed by atoms with E-state index in [0.29, 0.717) is 22.3 Å². The van der Waals surface area contributed by atoms with Gasteiger partial charge in [0.15, 0.2) is 0 Å². The Morgan fingerprint density at radius 3 is 2.84 bits per heavy atom. The number of aromatic nitrogens is 3. The van der Waals surface area contributed by atoms with E-state index in [-0.39, 0.29) is 5.76 Å². The fourth-order valence-corrected chi connectivity index (χ4v) is 3.02. The molecule has 0 fully saturated rings. The first-order valence-electron chi connectivity index (χ1n) is 7.45. The van der Waals surface area contributed by atoms with Gasteiger partial charge in [-0.15, -0.1) is 10.2 Å². The SMILES string of the molecule is CC(C)(N)c1cc(C(=O)Nc2nnc(Cc3cccc(Cl)c3)s2)on1. The van der Waals surface area contributed by atoms with Crippen LogP contribution < -0.4 is 11.1 Å². The maximum Gasteiger partial charge on any atom is 0.296 e. The Kier molecular flexibility index (Phi) is 4.85. The van der Waals surface area contributed by atoms with Crippen LogP contribution in [0.3, 0.4) is 0 Å². The van der Waals surface area contributed by atoms with E-state index in [9.17, 15) is 4.79 Å². The van der Waals surface area contributed by atoms with Crippen molar-refractivity contribution in [2.75, 3.05) is 5.32 Å². The number of hydrogen-bond acceptors (Lipinski definition) is 7. The molecule has 0 radical (unpaired) electrons. The van der Waals surface area contributed by atoms with Gasteiger partial charge in [0.05, 0.1) is 5.54 Å². The molecule has 0 aliphatic rings. The number of halogens is 1. The number of anilines is 1. The number of carbonyl (C=O) groups is 1. The van der Waals surface area contributed by atoms with Crippen molar-refractivity contribution in [3.05, 3.63) is 57.4 Å². The van der Waals surface area contributed by atoms with Gasteiger partial charge in [-0.2, -0.15) is 0 Å². The molecule has 0 saturated carbocycles. The maximum atomic E-state index is 12.2. The minimum Gasteiger partial charge on any atom is -0.351 e. The van der Waals surface area contributed by atoms with Crippen molar-refractivity contribution in [2.24, 2.45) is 5.73 Å². The minimum absolute atomic E-state index is 0.0696. The Morgan fingerprint density at radius 2 is 2.16 bits per heavy atom. The van der Waals surface area contributed by atoms with Crippen molar-refractivity contribution in [3.63, 3.8) is 0 Å². The van der Waals surface area contributed by atoms with E-state index < -0.39 is 11.4 Å². The first kappa shape index (κ1) is 17.5. The standard InChI is InChI=1S/C16H16ClN5O2S/c1-16(2,18)12-8-11(24-22-12)14(23)19-15-21-20-13(25-15)7-9-4-3-5-10(17)6-9/h3-6,8H,7,18H2,1-2H3,(H,19,21,23). The van der Waals surface area contributed by atoms with Crippen LogP contribution in [0.1, 0.15) is 40.7 Å². The molecular weight excluding hydrogens is 362 g/mol. The van der Waals surface area contributed by atoms with E-state index in [2.05, 4.69) is 20.7 Å². The van der Waals surface area contributed by atoms with Crippen molar-refractivity contribution in [1.29, 1.82) is 0 Å². The molecule has 0 bridgehead atoms. The molecule has 3 rings (SSSR count). The Labute approximate surface area is 153 Å². The average molecular weight is 378 g/mol. The summed E-state index contributed by atoms with van der Waals surface area (Å²) in [6.45, 7) is 3.55. The lowest BCUT2D eigenvalue weighted by molar-refractivity contribution is 0.0987. The predicted molar refractivity (Wildman–Crippen MR) is 95.8 cm³/mol. The number of nitrogens with zero attached hydrogens (tertiary/aromatic N) is 3. The van der Waals surface area contributed by atoms with Crippen LogP contribution >= 0.6 is 22.9 Å². The van der Waals surface area contributed by atoms with Crippen molar-refractivity contribution in [3.8, 4) is 0 Å². The van der Waals surface area contributed by atoms with E-state index in [4.69, 9.17) is 21.9 Å². The molecule has 0 aliphatic carbocycles. The summed E-state index contributed by atoms with van der Waals surface area (Å²) in [4.78, 5) is 12.2. The van der Waals surface area contributed by atoms with Gasteiger partial charge in [-0.1, -0.05) is 40.2 Å². The number of nitrogens with two attached hydrogens (primary N) is 1. The molecule has 2 heterocycles. The molecule has 0 saturated heterocycles. The zero-order chi connectivity index (χ0) is 18.0. The number of rotatable bonds is 5. The summed E-state index contributed by atoms with van der Waals surface area (Å²) in [6.07, 6.45) is 0.585. The van der Waals surface area contributed by atoms with E-state index in [1.54, 1.807) is 13.8 Å². The molecule has 1 amide bonds. The van der Waals surface area contributed by atoms with Gasteiger partial charge >= 0.3 is 0 Å². The van der Waals surface area contributed by atoms with Crippen molar-refractivity contribution >= 4 is 34.0 Å². The number of nitrogens with one attached hydrogen (secondary N) is 1. The molecule has 1 aromatic carbocycles. The van der Waals surface area contributed by atoms with Gasteiger partial charge in [0, 0.05) is 17.5 Å². The predicted octanol–water partition coefficient (Wildman–Crippen LogP) is 3.22. The number of hydrogen-bond donors (Lipinski definition) is 2. The molecule has 3 N–H and O–H groups in total. The maximum absolute atomic E-state index is 12.2. The Hall–Kier alpha value is -2.29. The van der Waals surface area contributed by atoms with Gasteiger partial charge in [-0.3, -0.25) is 10.1 Å². The van der Waals surface area contributed by atoms with Crippen molar-refractivity contribution in [1.82, 2.24) is 15.4 Å². The largest absolute Gasteiger partial charge is 0.351 e. The lowest BCUT2D eigenvalue weighted by atomic mass is 10.0. The third kappa shape index (κ3) is 4.41. The molecule has 0 atom stereocenters. The third-order valence-electron chi connectivity index (χ3n) is 3.33. The molecule has 25 heavy (non-hydrogen) atoms. The second-order valence-electron chi connectivity index (χ2n) is 6.06. The smallest absolute Gasteiger partial charge is 0.296 e. The first-order valence-corrected chi connectivity index (χ1v) is 8.65. The van der Waals surface area contributed by atoms with Gasteiger partial charge in [-0.05, 0) is 31.5 Å². The van der Waals surface area contributed by atoms with Crippen LogP contribution in [0, 0.1) is 0 Å². The summed E-state index contributed by atoms with van der Waals surface area (Å²) in [6, 6.07) is 9.03. The summed E-state index contributed by atoms with van der Waals surface area (Å²) < 4.78 is 5.04. The molecule has 3 aromatic rings. The average Bonchev–Trinajstić information content (AvgIpc) is 3.16. The number of amides is 1. The Balaban J connectivity index is 1.66. The minimum atomic E-state index is -0.686. The highest BCUT2D eigenvalue weighted by Gasteiger charge is 2.22. The quantitative estimate of drug-likeness (QED) is 0.706. The normalized spacial score (nSPS) is 11.5. The molecule has 2 aromatic heterocycles. The van der Waals surface area contributed by atoms with Gasteiger partial charge in [0.25, 0.3) is 5.91 Å². The second kappa shape index (κ2) is 6.91. The van der Waals surface area contributed by atoms with Crippen LogP contribution in [-0.2, 0) is 12.0 Å². The summed E-state index contributed by atoms with van der Waals surface area (Å²) >= 11 is 7.26. The van der Waals surface area contributed by atoms with Crippen LogP contribution in [0.4, 0.5) is 5.13 Å². The Morgan fingerprint density at radius 1 is 1.36 bits per heavy atom. The van der Waals surface area contributed by atoms with Crippen LogP contribution in [0.2, 0.25) is 5.02 Å². The number of benzene rings is 1. The summed E-state index contributed by atoms with van der Waals surface area (Å²) in [7, 11) is 0. The van der Waals surface area contributed by atoms with E-state index in [1.165, 1.54) is 17.4 Å². The van der Waals surface area contributed by atoms with Gasteiger partial charge in [0.2, 0.25) is 10.9 Å². The fraction of sp³-hybridized carbons (Fsp3) is 0.250. The third-order valence-corrected chi connectivity index (χ3v) is 4.40. The molecular formula is C16H16ClN5O2S. The fourth-order valence-electron chi connectivity index (χ4n) is 2.04. The summed E-state index contributed by atoms with van der Waals surface area (Å²) in [5.74, 6) is -0.381. The molecule has 0 unspecified atom stereocenters. The van der Waals surface area contributed by atoms with Crippen molar-refractivity contribution < 1.29 is 9.32 Å². The highest BCUT2D eigenvalue weighted by Crippen LogP contribution is 2.22. The summed E-state index contributed by atoms with van der Waals surface area (Å²) in [5, 5.41) is 16.3. The number of carbonyl (C=O) groups excluding carboxylic acids is 1. The molecule has 7 nitrogen and oxygen atoms in total. The first-order chi connectivity index (χ1) is 11.8. The van der Waals surface area contributed by atoms with Crippen LogP contribution in [0.15, 0.2) is 34.9 Å². The van der Waals surface area contributed by atoms with Crippen molar-refractivity contribution in [2.45, 2.75) is 25.8 Å². The molecule has 9 heteroatoms. The zero-order valence-corrected chi connectivity index (χ0v) is 15.2. The highest BCUT2D eigenvalue weighted by molar-refractivity contribution is 7.15. The van der Waals surface area contributed by atoms with E-state index >= 15 is 0 Å².